The second kappa shape index (κ2) is 10.9. The molecule has 1 aliphatic heterocycles. The van der Waals surface area contributed by atoms with Crippen LogP contribution in [0.3, 0.4) is 0 Å². The highest BCUT2D eigenvalue weighted by Gasteiger charge is 2.29. The fourth-order valence-electron chi connectivity index (χ4n) is 3.49. The Balaban J connectivity index is 1.50. The summed E-state index contributed by atoms with van der Waals surface area (Å²) in [5.41, 5.74) is 0.472. The zero-order valence-electron chi connectivity index (χ0n) is 17.9. The molecule has 0 atom stereocenters. The molecule has 1 saturated heterocycles. The van der Waals surface area contributed by atoms with Gasteiger partial charge in [0.2, 0.25) is 5.91 Å². The van der Waals surface area contributed by atoms with Gasteiger partial charge in [0.15, 0.2) is 0 Å². The van der Waals surface area contributed by atoms with Gasteiger partial charge in [-0.3, -0.25) is 14.4 Å². The van der Waals surface area contributed by atoms with Crippen molar-refractivity contribution in [3.63, 3.8) is 0 Å². The number of piperidine rings is 1. The second-order valence-corrected chi connectivity index (χ2v) is 8.50. The summed E-state index contributed by atoms with van der Waals surface area (Å²) in [5, 5.41) is 1.99. The summed E-state index contributed by atoms with van der Waals surface area (Å²) >= 11 is 1.61. The number of carbonyl (C=O) groups is 3. The summed E-state index contributed by atoms with van der Waals surface area (Å²) in [6.07, 6.45) is 1.18. The normalized spacial score (nSPS) is 14.2. The zero-order valence-corrected chi connectivity index (χ0v) is 18.7. The van der Waals surface area contributed by atoms with Gasteiger partial charge < -0.3 is 19.3 Å². The number of carbonyl (C=O) groups excluding carboxylic acids is 3. The summed E-state index contributed by atoms with van der Waals surface area (Å²) in [4.78, 5) is 41.5. The Kier molecular flexibility index (Phi) is 8.06. The van der Waals surface area contributed by atoms with E-state index in [0.717, 1.165) is 4.88 Å². The predicted octanol–water partition coefficient (Wildman–Crippen LogP) is 3.20. The molecule has 1 aromatic heterocycles. The van der Waals surface area contributed by atoms with Gasteiger partial charge in [-0.25, -0.2) is 0 Å². The first-order valence-electron chi connectivity index (χ1n) is 10.4. The minimum absolute atomic E-state index is 0.0107. The van der Waals surface area contributed by atoms with Crippen molar-refractivity contribution in [1.29, 1.82) is 0 Å². The van der Waals surface area contributed by atoms with Gasteiger partial charge in [-0.05, 0) is 49.4 Å². The molecule has 0 radical (unpaired) electrons. The molecule has 7 nitrogen and oxygen atoms in total. The number of benzene rings is 1. The lowest BCUT2D eigenvalue weighted by Crippen LogP contribution is -2.45. The van der Waals surface area contributed by atoms with Crippen LogP contribution in [0.5, 0.6) is 5.75 Å². The molecule has 1 fully saturated rings. The van der Waals surface area contributed by atoms with Gasteiger partial charge in [0.1, 0.15) is 12.4 Å². The molecule has 166 valence electrons. The third kappa shape index (κ3) is 6.30. The quantitative estimate of drug-likeness (QED) is 0.585. The summed E-state index contributed by atoms with van der Waals surface area (Å²) < 4.78 is 10.8. The average Bonchev–Trinajstić information content (AvgIpc) is 3.31. The summed E-state index contributed by atoms with van der Waals surface area (Å²) in [6.45, 7) is 3.58. The third-order valence-corrected chi connectivity index (χ3v) is 6.08. The second-order valence-electron chi connectivity index (χ2n) is 7.46. The molecule has 3 rings (SSSR count). The molecule has 1 aliphatic rings. The molecule has 0 bridgehead atoms. The Morgan fingerprint density at radius 1 is 1.16 bits per heavy atom. The highest BCUT2D eigenvalue weighted by molar-refractivity contribution is 7.09. The van der Waals surface area contributed by atoms with Crippen molar-refractivity contribution >= 4 is 29.1 Å². The summed E-state index contributed by atoms with van der Waals surface area (Å²) in [6, 6.07) is 11.0. The van der Waals surface area contributed by atoms with Crippen molar-refractivity contribution in [2.75, 3.05) is 33.3 Å². The fourth-order valence-corrected chi connectivity index (χ4v) is 4.10. The summed E-state index contributed by atoms with van der Waals surface area (Å²) in [7, 11) is 1.62. The number of likely N-dealkylation sites (tertiary alicyclic amines) is 1. The largest absolute Gasteiger partial charge is 0.488 e. The molecule has 2 amide bonds. The molecule has 0 aliphatic carbocycles. The SMILES string of the molecule is CCOC(=O)C1CCN(C(=O)CN(C)C(=O)c2cccc(OCc3cccs3)c2)CC1. The minimum atomic E-state index is -0.240. The van der Waals surface area contributed by atoms with E-state index < -0.39 is 0 Å². The van der Waals surface area contributed by atoms with Crippen molar-refractivity contribution in [2.45, 2.75) is 26.4 Å². The molecular weight excluding hydrogens is 416 g/mol. The van der Waals surface area contributed by atoms with Gasteiger partial charge >= 0.3 is 5.97 Å². The Labute approximate surface area is 186 Å². The van der Waals surface area contributed by atoms with Gasteiger partial charge in [-0.15, -0.1) is 11.3 Å². The van der Waals surface area contributed by atoms with Crippen LogP contribution in [-0.4, -0.2) is 60.9 Å². The van der Waals surface area contributed by atoms with Crippen LogP contribution >= 0.6 is 11.3 Å². The van der Waals surface area contributed by atoms with E-state index in [9.17, 15) is 14.4 Å². The van der Waals surface area contributed by atoms with Crippen LogP contribution in [0.15, 0.2) is 41.8 Å². The minimum Gasteiger partial charge on any atom is -0.488 e. The topological polar surface area (TPSA) is 76.2 Å². The van der Waals surface area contributed by atoms with E-state index in [1.807, 2.05) is 23.6 Å². The maximum Gasteiger partial charge on any atom is 0.309 e. The number of esters is 1. The number of nitrogens with zero attached hydrogens (tertiary/aromatic N) is 2. The molecule has 2 aromatic rings. The lowest BCUT2D eigenvalue weighted by Gasteiger charge is -2.32. The maximum absolute atomic E-state index is 12.8. The van der Waals surface area contributed by atoms with Crippen LogP contribution in [0.25, 0.3) is 0 Å². The van der Waals surface area contributed by atoms with E-state index in [-0.39, 0.29) is 30.2 Å². The van der Waals surface area contributed by atoms with E-state index in [1.54, 1.807) is 48.4 Å². The van der Waals surface area contributed by atoms with E-state index in [0.29, 0.717) is 50.5 Å². The van der Waals surface area contributed by atoms with E-state index in [2.05, 4.69) is 0 Å². The molecule has 0 N–H and O–H groups in total. The van der Waals surface area contributed by atoms with E-state index in [1.165, 1.54) is 4.90 Å². The Bertz CT molecular complexity index is 891. The summed E-state index contributed by atoms with van der Waals surface area (Å²) in [5.74, 6) is -0.0945. The lowest BCUT2D eigenvalue weighted by molar-refractivity contribution is -0.151. The lowest BCUT2D eigenvalue weighted by atomic mass is 9.97. The number of rotatable bonds is 8. The highest BCUT2D eigenvalue weighted by atomic mass is 32.1. The first kappa shape index (κ1) is 22.8. The van der Waals surface area contributed by atoms with Crippen molar-refractivity contribution in [3.05, 3.63) is 52.2 Å². The smallest absolute Gasteiger partial charge is 0.309 e. The molecule has 0 saturated carbocycles. The van der Waals surface area contributed by atoms with Crippen LogP contribution < -0.4 is 4.74 Å². The maximum atomic E-state index is 12.8. The highest BCUT2D eigenvalue weighted by Crippen LogP contribution is 2.20. The van der Waals surface area contributed by atoms with Crippen molar-refractivity contribution in [2.24, 2.45) is 5.92 Å². The Hall–Kier alpha value is -2.87. The first-order valence-corrected chi connectivity index (χ1v) is 11.3. The number of hydrogen-bond donors (Lipinski definition) is 0. The molecule has 31 heavy (non-hydrogen) atoms. The molecule has 0 unspecified atom stereocenters. The van der Waals surface area contributed by atoms with Gasteiger partial charge in [0, 0.05) is 30.6 Å². The zero-order chi connectivity index (χ0) is 22.2. The van der Waals surface area contributed by atoms with Crippen LogP contribution in [-0.2, 0) is 20.9 Å². The Morgan fingerprint density at radius 3 is 2.61 bits per heavy atom. The predicted molar refractivity (Wildman–Crippen MR) is 118 cm³/mol. The van der Waals surface area contributed by atoms with Crippen molar-refractivity contribution in [1.82, 2.24) is 9.80 Å². The number of ether oxygens (including phenoxy) is 2. The number of thiophene rings is 1. The van der Waals surface area contributed by atoms with E-state index >= 15 is 0 Å². The Morgan fingerprint density at radius 2 is 1.94 bits per heavy atom. The van der Waals surface area contributed by atoms with Crippen LogP contribution in [0.4, 0.5) is 0 Å². The molecule has 8 heteroatoms. The van der Waals surface area contributed by atoms with Crippen LogP contribution in [0.1, 0.15) is 35.0 Å². The van der Waals surface area contributed by atoms with Gasteiger partial charge in [-0.2, -0.15) is 0 Å². The van der Waals surface area contributed by atoms with Gasteiger partial charge in [0.05, 0.1) is 19.1 Å². The molecule has 0 spiro atoms. The monoisotopic (exact) mass is 444 g/mol. The van der Waals surface area contributed by atoms with E-state index in [4.69, 9.17) is 9.47 Å². The number of hydrogen-bond acceptors (Lipinski definition) is 6. The van der Waals surface area contributed by atoms with Gasteiger partial charge in [-0.1, -0.05) is 12.1 Å². The van der Waals surface area contributed by atoms with Crippen molar-refractivity contribution in [3.8, 4) is 5.75 Å². The molecule has 2 heterocycles. The molecule has 1 aromatic carbocycles. The third-order valence-electron chi connectivity index (χ3n) is 5.23. The van der Waals surface area contributed by atoms with Crippen LogP contribution in [0.2, 0.25) is 0 Å². The fraction of sp³-hybridized carbons (Fsp3) is 0.435. The van der Waals surface area contributed by atoms with Gasteiger partial charge in [0.25, 0.3) is 5.91 Å². The molecular formula is C23H28N2O5S. The van der Waals surface area contributed by atoms with Crippen molar-refractivity contribution < 1.29 is 23.9 Å². The number of likely N-dealkylation sites (N-methyl/N-ethyl adjacent to an activating group) is 1. The van der Waals surface area contributed by atoms with Crippen LogP contribution in [0, 0.1) is 5.92 Å². The average molecular weight is 445 g/mol. The standard InChI is InChI=1S/C23H28N2O5S/c1-3-29-23(28)17-9-11-25(12-10-17)21(26)15-24(2)22(27)18-6-4-7-19(14-18)30-16-20-8-5-13-31-20/h4-8,13-14,17H,3,9-12,15-16H2,1-2H3. The first-order chi connectivity index (χ1) is 15.0. The number of amides is 2.